The van der Waals surface area contributed by atoms with Gasteiger partial charge in [0.25, 0.3) is 11.8 Å². The van der Waals surface area contributed by atoms with Gasteiger partial charge in [0.1, 0.15) is 17.5 Å². The summed E-state index contributed by atoms with van der Waals surface area (Å²) in [5.74, 6) is -1.49. The minimum Gasteiger partial charge on any atom is -0.494 e. The van der Waals surface area contributed by atoms with Crippen LogP contribution >= 0.6 is 0 Å². The summed E-state index contributed by atoms with van der Waals surface area (Å²) in [6.45, 7) is 4.36. The van der Waals surface area contributed by atoms with E-state index in [2.05, 4.69) is 11.7 Å². The van der Waals surface area contributed by atoms with Crippen LogP contribution in [0.3, 0.4) is 0 Å². The maximum atomic E-state index is 12.9. The van der Waals surface area contributed by atoms with E-state index in [-0.39, 0.29) is 16.7 Å². The minimum atomic E-state index is -1.09. The van der Waals surface area contributed by atoms with Gasteiger partial charge in [0, 0.05) is 0 Å². The molecular weight excluding hydrogens is 546 g/mol. The van der Waals surface area contributed by atoms with Gasteiger partial charge in [-0.1, -0.05) is 76.1 Å². The number of methoxy groups -OCH3 is 1. The maximum Gasteiger partial charge on any atom is 0.343 e. The quantitative estimate of drug-likeness (QED) is 0.0802. The summed E-state index contributed by atoms with van der Waals surface area (Å²) >= 11 is 0. The Morgan fingerprint density at radius 3 is 1.88 bits per heavy atom. The van der Waals surface area contributed by atoms with E-state index in [1.807, 2.05) is 36.4 Å². The van der Waals surface area contributed by atoms with Crippen LogP contribution in [0.15, 0.2) is 66.7 Å². The Bertz CT molecular complexity index is 1430. The van der Waals surface area contributed by atoms with Crippen LogP contribution in [-0.2, 0) is 9.53 Å². The zero-order valence-electron chi connectivity index (χ0n) is 25.1. The molecule has 1 aliphatic heterocycles. The van der Waals surface area contributed by atoms with E-state index >= 15 is 0 Å². The maximum absolute atomic E-state index is 12.9. The third-order valence-corrected chi connectivity index (χ3v) is 7.60. The van der Waals surface area contributed by atoms with Gasteiger partial charge in [-0.25, -0.2) is 9.59 Å². The average molecular weight is 586 g/mol. The molecule has 3 aromatic rings. The van der Waals surface area contributed by atoms with Gasteiger partial charge in [-0.2, -0.15) is 0 Å². The number of ether oxygens (including phenoxy) is 3. The molecule has 3 aromatic carbocycles. The summed E-state index contributed by atoms with van der Waals surface area (Å²) in [5, 5.41) is 0. The van der Waals surface area contributed by atoms with Gasteiger partial charge in [-0.15, -0.1) is 0 Å². The van der Waals surface area contributed by atoms with Crippen LogP contribution in [0.5, 0.6) is 11.5 Å². The number of esters is 2. The number of imide groups is 1. The molecule has 1 heterocycles. The average Bonchev–Trinajstić information content (AvgIpc) is 3.28. The molecule has 0 bridgehead atoms. The van der Waals surface area contributed by atoms with E-state index in [4.69, 9.17) is 9.47 Å². The minimum absolute atomic E-state index is 0.0378. The number of unbranched alkanes of at least 4 members (excludes halogenated alkanes) is 7. The number of rotatable bonds is 15. The van der Waals surface area contributed by atoms with Crippen molar-refractivity contribution in [3.63, 3.8) is 0 Å². The largest absolute Gasteiger partial charge is 0.494 e. The molecular formula is C35H39NO7. The molecule has 2 amide bonds. The number of nitrogens with zero attached hydrogens (tertiary/aromatic N) is 1. The number of benzene rings is 3. The summed E-state index contributed by atoms with van der Waals surface area (Å²) in [6.07, 6.45) is 10.1. The molecule has 0 aliphatic carbocycles. The first-order chi connectivity index (χ1) is 20.8. The fourth-order valence-electron chi connectivity index (χ4n) is 5.07. The first-order valence-electron chi connectivity index (χ1n) is 15.0. The van der Waals surface area contributed by atoms with Gasteiger partial charge in [-0.3, -0.25) is 14.5 Å². The molecule has 1 atom stereocenters. The summed E-state index contributed by atoms with van der Waals surface area (Å²) < 4.78 is 16.1. The molecule has 1 aliphatic rings. The van der Waals surface area contributed by atoms with Crippen molar-refractivity contribution in [1.29, 1.82) is 0 Å². The van der Waals surface area contributed by atoms with Crippen molar-refractivity contribution in [2.24, 2.45) is 0 Å². The molecule has 8 heteroatoms. The first kappa shape index (κ1) is 31.5. The molecule has 226 valence electrons. The van der Waals surface area contributed by atoms with Crippen molar-refractivity contribution in [3.05, 3.63) is 83.4 Å². The molecule has 0 saturated heterocycles. The second-order valence-corrected chi connectivity index (χ2v) is 10.7. The van der Waals surface area contributed by atoms with E-state index in [1.54, 1.807) is 12.1 Å². The Hall–Kier alpha value is -4.46. The lowest BCUT2D eigenvalue weighted by Gasteiger charge is -2.19. The lowest BCUT2D eigenvalue weighted by atomic mass is 10.1. The van der Waals surface area contributed by atoms with E-state index in [0.29, 0.717) is 12.4 Å². The molecule has 43 heavy (non-hydrogen) atoms. The lowest BCUT2D eigenvalue weighted by Crippen LogP contribution is -2.43. The molecule has 0 aromatic heterocycles. The standard InChI is InChI=1S/C35H39NO7/c1-4-5-6-7-8-9-10-11-22-42-28-17-12-25(13-18-28)26-14-19-29(20-15-26)43-35(40)27-16-21-30-31(23-27)33(38)36(32(30)37)24(2)34(39)41-3/h12-21,23-24H,4-11,22H2,1-3H3. The number of carbonyl (C=O) groups is 4. The summed E-state index contributed by atoms with van der Waals surface area (Å²) in [5.41, 5.74) is 2.22. The SMILES string of the molecule is CCCCCCCCCCOc1ccc(-c2ccc(OC(=O)c3ccc4c(c3)C(=O)N(C(C)C(=O)OC)C4=O)cc2)cc1. The lowest BCUT2D eigenvalue weighted by molar-refractivity contribution is -0.144. The van der Waals surface area contributed by atoms with Crippen LogP contribution < -0.4 is 9.47 Å². The van der Waals surface area contributed by atoms with Crippen LogP contribution in [0.4, 0.5) is 0 Å². The molecule has 8 nitrogen and oxygen atoms in total. The van der Waals surface area contributed by atoms with Crippen LogP contribution in [0.2, 0.25) is 0 Å². The number of fused-ring (bicyclic) bond motifs is 1. The Kier molecular flexibility index (Phi) is 11.1. The zero-order chi connectivity index (χ0) is 30.8. The molecule has 1 unspecified atom stereocenters. The Labute approximate surface area is 252 Å². The topological polar surface area (TPSA) is 99.2 Å². The van der Waals surface area contributed by atoms with Crippen molar-refractivity contribution < 1.29 is 33.4 Å². The number of carbonyl (C=O) groups excluding carboxylic acids is 4. The fraction of sp³-hybridized carbons (Fsp3) is 0.371. The van der Waals surface area contributed by atoms with Gasteiger partial charge in [0.2, 0.25) is 0 Å². The molecule has 0 fully saturated rings. The predicted molar refractivity (Wildman–Crippen MR) is 163 cm³/mol. The van der Waals surface area contributed by atoms with Crippen molar-refractivity contribution in [2.75, 3.05) is 13.7 Å². The smallest absolute Gasteiger partial charge is 0.343 e. The van der Waals surface area contributed by atoms with Crippen molar-refractivity contribution in [3.8, 4) is 22.6 Å². The second kappa shape index (κ2) is 15.1. The molecule has 4 rings (SSSR count). The second-order valence-electron chi connectivity index (χ2n) is 10.7. The highest BCUT2D eigenvalue weighted by Crippen LogP contribution is 2.28. The number of hydrogen-bond donors (Lipinski definition) is 0. The van der Waals surface area contributed by atoms with Crippen LogP contribution in [0.1, 0.15) is 96.3 Å². The monoisotopic (exact) mass is 585 g/mol. The van der Waals surface area contributed by atoms with Crippen molar-refractivity contribution in [2.45, 2.75) is 71.3 Å². The zero-order valence-corrected chi connectivity index (χ0v) is 25.1. The van der Waals surface area contributed by atoms with Crippen molar-refractivity contribution in [1.82, 2.24) is 4.90 Å². The van der Waals surface area contributed by atoms with Gasteiger partial charge in [-0.05, 0) is 66.9 Å². The summed E-state index contributed by atoms with van der Waals surface area (Å²) in [6, 6.07) is 18.1. The van der Waals surface area contributed by atoms with Crippen molar-refractivity contribution >= 4 is 23.8 Å². The van der Waals surface area contributed by atoms with E-state index < -0.39 is 29.8 Å². The van der Waals surface area contributed by atoms with E-state index in [0.717, 1.165) is 28.2 Å². The highest BCUT2D eigenvalue weighted by Gasteiger charge is 2.41. The third-order valence-electron chi connectivity index (χ3n) is 7.60. The molecule has 0 N–H and O–H groups in total. The fourth-order valence-corrected chi connectivity index (χ4v) is 5.07. The number of amides is 2. The highest BCUT2D eigenvalue weighted by molar-refractivity contribution is 6.23. The highest BCUT2D eigenvalue weighted by atomic mass is 16.5. The molecule has 0 spiro atoms. The van der Waals surface area contributed by atoms with Crippen LogP contribution in [0.25, 0.3) is 11.1 Å². The Morgan fingerprint density at radius 1 is 0.721 bits per heavy atom. The van der Waals surface area contributed by atoms with Gasteiger partial charge >= 0.3 is 11.9 Å². The predicted octanol–water partition coefficient (Wildman–Crippen LogP) is 7.25. The molecule has 0 saturated carbocycles. The van der Waals surface area contributed by atoms with Crippen LogP contribution in [-0.4, -0.2) is 48.4 Å². The third kappa shape index (κ3) is 7.89. The van der Waals surface area contributed by atoms with Crippen LogP contribution in [0, 0.1) is 0 Å². The Balaban J connectivity index is 1.28. The van der Waals surface area contributed by atoms with Gasteiger partial charge < -0.3 is 14.2 Å². The molecule has 0 radical (unpaired) electrons. The summed E-state index contributed by atoms with van der Waals surface area (Å²) in [4.78, 5) is 51.1. The number of hydrogen-bond acceptors (Lipinski definition) is 7. The van der Waals surface area contributed by atoms with E-state index in [1.165, 1.54) is 77.2 Å². The van der Waals surface area contributed by atoms with Gasteiger partial charge in [0.05, 0.1) is 30.4 Å². The van der Waals surface area contributed by atoms with Gasteiger partial charge in [0.15, 0.2) is 0 Å². The normalized spacial score (nSPS) is 13.0. The first-order valence-corrected chi connectivity index (χ1v) is 15.0. The summed E-state index contributed by atoms with van der Waals surface area (Å²) in [7, 11) is 1.18. The van der Waals surface area contributed by atoms with E-state index in [9.17, 15) is 19.2 Å². The Morgan fingerprint density at radius 2 is 1.28 bits per heavy atom.